The number of esters is 1. The Labute approximate surface area is 80.2 Å². The van der Waals surface area contributed by atoms with E-state index in [2.05, 4.69) is 5.82 Å². The average Bonchev–Trinajstić information content (AvgIpc) is 2.04. The molecule has 0 aliphatic heterocycles. The van der Waals surface area contributed by atoms with Gasteiger partial charge >= 0.3 is 79.8 Å². The van der Waals surface area contributed by atoms with Gasteiger partial charge in [-0.1, -0.05) is 0 Å². The molecule has 0 aromatic rings. The molecule has 12 heavy (non-hydrogen) atoms. The van der Waals surface area contributed by atoms with Gasteiger partial charge < -0.3 is 0 Å². The minimum absolute atomic E-state index is 0.115. The molecular weight excluding hydrogens is 219 g/mol. The second kappa shape index (κ2) is 4.88. The first kappa shape index (κ1) is 10.1. The number of carbonyl (C=O) groups excluding carboxylic acids is 1. The molecule has 0 N–H and O–H groups in total. The van der Waals surface area contributed by atoms with Gasteiger partial charge in [0.2, 0.25) is 0 Å². The van der Waals surface area contributed by atoms with Gasteiger partial charge in [-0.05, 0) is 0 Å². The fraction of sp³-hybridized carbons (Fsp3) is 0.889. The molecule has 2 atom stereocenters. The minimum atomic E-state index is -0.115. The molecule has 1 fully saturated rings. The predicted molar refractivity (Wildman–Crippen MR) is 49.4 cm³/mol. The van der Waals surface area contributed by atoms with Gasteiger partial charge in [0.15, 0.2) is 0 Å². The van der Waals surface area contributed by atoms with E-state index in [-0.39, 0.29) is 12.1 Å². The van der Waals surface area contributed by atoms with Crippen LogP contribution in [0.15, 0.2) is 0 Å². The zero-order valence-corrected chi connectivity index (χ0v) is 9.42. The number of hydrogen-bond acceptors (Lipinski definition) is 2. The fourth-order valence-electron chi connectivity index (χ4n) is 1.68. The van der Waals surface area contributed by atoms with Crippen LogP contribution in [0.5, 0.6) is 0 Å². The fourth-order valence-corrected chi connectivity index (χ4v) is 3.56. The summed E-state index contributed by atoms with van der Waals surface area (Å²) in [4.78, 5) is 11.4. The van der Waals surface area contributed by atoms with E-state index in [0.717, 1.165) is 6.42 Å². The molecule has 0 spiro atoms. The van der Waals surface area contributed by atoms with E-state index in [1.54, 1.807) is 0 Å². The summed E-state index contributed by atoms with van der Waals surface area (Å²) in [5.41, 5.74) is 0. The standard InChI is InChI=1S/C9H16O2Se/c1-7(10)11-8-5-3-4-6-9(8)12-2/h8-9H,3-6H2,1-2H3/t8-,9-/m1/s1. The summed E-state index contributed by atoms with van der Waals surface area (Å²) in [6.07, 6.45) is 5.12. The second-order valence-corrected chi connectivity index (χ2v) is 5.47. The van der Waals surface area contributed by atoms with Crippen LogP contribution in [-0.2, 0) is 9.53 Å². The van der Waals surface area contributed by atoms with Crippen LogP contribution in [0, 0.1) is 0 Å². The van der Waals surface area contributed by atoms with Crippen molar-refractivity contribution in [3.8, 4) is 0 Å². The third-order valence-corrected chi connectivity index (χ3v) is 4.66. The Morgan fingerprint density at radius 2 is 2.08 bits per heavy atom. The molecule has 0 aromatic heterocycles. The van der Waals surface area contributed by atoms with Gasteiger partial charge in [0, 0.05) is 0 Å². The van der Waals surface area contributed by atoms with E-state index in [4.69, 9.17) is 4.74 Å². The molecule has 0 bridgehead atoms. The Bertz CT molecular complexity index is 159. The summed E-state index contributed by atoms with van der Waals surface area (Å²) in [6, 6.07) is 0. The summed E-state index contributed by atoms with van der Waals surface area (Å²) in [7, 11) is 0. The van der Waals surface area contributed by atoms with Crippen molar-refractivity contribution in [2.75, 3.05) is 0 Å². The molecule has 1 saturated carbocycles. The van der Waals surface area contributed by atoms with Gasteiger partial charge in [-0.2, -0.15) is 0 Å². The van der Waals surface area contributed by atoms with Crippen molar-refractivity contribution in [2.45, 2.75) is 49.3 Å². The maximum atomic E-state index is 10.8. The Morgan fingerprint density at radius 1 is 1.42 bits per heavy atom. The van der Waals surface area contributed by atoms with Crippen LogP contribution in [0.4, 0.5) is 0 Å². The third-order valence-electron chi connectivity index (χ3n) is 2.26. The van der Waals surface area contributed by atoms with Crippen LogP contribution in [-0.4, -0.2) is 27.0 Å². The van der Waals surface area contributed by atoms with Crippen molar-refractivity contribution >= 4 is 20.9 Å². The van der Waals surface area contributed by atoms with E-state index >= 15 is 0 Å². The first-order valence-electron chi connectivity index (χ1n) is 4.44. The Hall–Kier alpha value is -0.0105. The Kier molecular flexibility index (Phi) is 4.10. The Balaban J connectivity index is 2.41. The van der Waals surface area contributed by atoms with E-state index in [0.29, 0.717) is 19.8 Å². The van der Waals surface area contributed by atoms with Crippen LogP contribution < -0.4 is 0 Å². The van der Waals surface area contributed by atoms with Crippen molar-refractivity contribution < 1.29 is 9.53 Å². The van der Waals surface area contributed by atoms with Gasteiger partial charge in [0.05, 0.1) is 0 Å². The maximum absolute atomic E-state index is 10.8. The molecule has 3 heteroatoms. The molecule has 0 aromatic carbocycles. The molecule has 1 aliphatic rings. The number of hydrogen-bond donors (Lipinski definition) is 0. The predicted octanol–water partition coefficient (Wildman–Crippen LogP) is 2.03. The SMILES string of the molecule is C[Se][C@@H]1CCCC[C@H]1OC(C)=O. The van der Waals surface area contributed by atoms with Crippen LogP contribution in [0.25, 0.3) is 0 Å². The van der Waals surface area contributed by atoms with Crippen LogP contribution in [0.1, 0.15) is 32.6 Å². The van der Waals surface area contributed by atoms with E-state index in [9.17, 15) is 4.79 Å². The summed E-state index contributed by atoms with van der Waals surface area (Å²) in [5, 5.41) is 0. The van der Waals surface area contributed by atoms with E-state index < -0.39 is 0 Å². The number of ether oxygens (including phenoxy) is 1. The number of rotatable bonds is 2. The van der Waals surface area contributed by atoms with Crippen molar-refractivity contribution in [2.24, 2.45) is 0 Å². The molecule has 0 unspecified atom stereocenters. The second-order valence-electron chi connectivity index (χ2n) is 3.21. The average molecular weight is 235 g/mol. The summed E-state index contributed by atoms with van der Waals surface area (Å²) in [5.74, 6) is 2.12. The molecule has 0 saturated heterocycles. The quantitative estimate of drug-likeness (QED) is 0.540. The zero-order chi connectivity index (χ0) is 8.97. The van der Waals surface area contributed by atoms with Crippen molar-refractivity contribution in [1.82, 2.24) is 0 Å². The van der Waals surface area contributed by atoms with Crippen molar-refractivity contribution in [1.29, 1.82) is 0 Å². The van der Waals surface area contributed by atoms with Crippen LogP contribution in [0.2, 0.25) is 10.6 Å². The van der Waals surface area contributed by atoms with E-state index in [1.807, 2.05) is 0 Å². The van der Waals surface area contributed by atoms with Crippen LogP contribution >= 0.6 is 0 Å². The summed E-state index contributed by atoms with van der Waals surface area (Å²) >= 11 is 0.626. The topological polar surface area (TPSA) is 26.3 Å². The van der Waals surface area contributed by atoms with Crippen molar-refractivity contribution in [3.05, 3.63) is 0 Å². The first-order valence-corrected chi connectivity index (χ1v) is 7.14. The third kappa shape index (κ3) is 2.80. The first-order chi connectivity index (χ1) is 5.74. The van der Waals surface area contributed by atoms with Crippen LogP contribution in [0.3, 0.4) is 0 Å². The van der Waals surface area contributed by atoms with E-state index in [1.165, 1.54) is 26.2 Å². The molecule has 0 radical (unpaired) electrons. The monoisotopic (exact) mass is 236 g/mol. The molecule has 1 aliphatic carbocycles. The van der Waals surface area contributed by atoms with Gasteiger partial charge in [-0.15, -0.1) is 0 Å². The molecule has 70 valence electrons. The summed E-state index contributed by atoms with van der Waals surface area (Å²) in [6.45, 7) is 1.51. The van der Waals surface area contributed by atoms with Crippen molar-refractivity contribution in [3.63, 3.8) is 0 Å². The van der Waals surface area contributed by atoms with Gasteiger partial charge in [0.25, 0.3) is 0 Å². The van der Waals surface area contributed by atoms with Gasteiger partial charge in [0.1, 0.15) is 0 Å². The van der Waals surface area contributed by atoms with Gasteiger partial charge in [-0.25, -0.2) is 0 Å². The zero-order valence-electron chi connectivity index (χ0n) is 7.71. The Morgan fingerprint density at radius 3 is 2.67 bits per heavy atom. The summed E-state index contributed by atoms with van der Waals surface area (Å²) < 4.78 is 5.27. The molecule has 0 amide bonds. The van der Waals surface area contributed by atoms with Gasteiger partial charge in [-0.3, -0.25) is 0 Å². The molecule has 0 heterocycles. The number of carbonyl (C=O) groups is 1. The normalized spacial score (nSPS) is 29.8. The molecule has 1 rings (SSSR count). The molecular formula is C9H16O2Se. The molecule has 2 nitrogen and oxygen atoms in total.